The first-order valence-corrected chi connectivity index (χ1v) is 11.4. The van der Waals surface area contributed by atoms with Gasteiger partial charge in [-0.15, -0.1) is 0 Å². The van der Waals surface area contributed by atoms with E-state index < -0.39 is 44.6 Å². The molecule has 0 aliphatic heterocycles. The van der Waals surface area contributed by atoms with Crippen LogP contribution in [0.2, 0.25) is 0 Å². The van der Waals surface area contributed by atoms with E-state index in [1.165, 1.54) is 10.9 Å². The van der Waals surface area contributed by atoms with Crippen molar-refractivity contribution in [1.82, 2.24) is 9.78 Å². The fourth-order valence-corrected chi connectivity index (χ4v) is 4.59. The number of rotatable bonds is 5. The molecular formula is C22H21F6N3O2S. The normalized spacial score (nSPS) is 13.2. The van der Waals surface area contributed by atoms with Gasteiger partial charge in [0, 0.05) is 11.6 Å². The SMILES string of the molecule is CC(C)(C)c1nn(Cc2ccccc2)cc1S(=O)(=O)Nc1cc(C(F)(F)F)cc(C(F)(F)F)c1. The Morgan fingerprint density at radius 3 is 1.88 bits per heavy atom. The van der Waals surface area contributed by atoms with Gasteiger partial charge < -0.3 is 0 Å². The largest absolute Gasteiger partial charge is 0.416 e. The maximum Gasteiger partial charge on any atom is 0.416 e. The zero-order chi connectivity index (χ0) is 25.5. The van der Waals surface area contributed by atoms with Crippen molar-refractivity contribution >= 4 is 15.7 Å². The van der Waals surface area contributed by atoms with Gasteiger partial charge in [-0.05, 0) is 23.8 Å². The van der Waals surface area contributed by atoms with E-state index in [1.807, 2.05) is 4.72 Å². The number of anilines is 1. The maximum absolute atomic E-state index is 13.2. The van der Waals surface area contributed by atoms with Gasteiger partial charge in [0.15, 0.2) is 0 Å². The quantitative estimate of drug-likeness (QED) is 0.429. The molecule has 0 aliphatic carbocycles. The number of hydrogen-bond acceptors (Lipinski definition) is 3. The molecule has 0 atom stereocenters. The van der Waals surface area contributed by atoms with E-state index in [-0.39, 0.29) is 23.2 Å². The minimum absolute atomic E-state index is 0.0731. The summed E-state index contributed by atoms with van der Waals surface area (Å²) >= 11 is 0. The Labute approximate surface area is 192 Å². The number of alkyl halides is 6. The summed E-state index contributed by atoms with van der Waals surface area (Å²) in [5, 5.41) is 4.34. The van der Waals surface area contributed by atoms with Crippen LogP contribution in [0.1, 0.15) is 43.2 Å². The number of nitrogens with one attached hydrogen (secondary N) is 1. The third-order valence-corrected chi connectivity index (χ3v) is 6.14. The highest BCUT2D eigenvalue weighted by molar-refractivity contribution is 7.92. The summed E-state index contributed by atoms with van der Waals surface area (Å²) in [6.45, 7) is 5.27. The first-order valence-electron chi connectivity index (χ1n) is 9.91. The fraction of sp³-hybridized carbons (Fsp3) is 0.318. The molecule has 3 aromatic rings. The molecule has 0 amide bonds. The van der Waals surface area contributed by atoms with Gasteiger partial charge in [-0.2, -0.15) is 31.4 Å². The Morgan fingerprint density at radius 1 is 0.882 bits per heavy atom. The number of hydrogen-bond donors (Lipinski definition) is 1. The van der Waals surface area contributed by atoms with E-state index in [4.69, 9.17) is 0 Å². The zero-order valence-corrected chi connectivity index (χ0v) is 19.1. The smallest absolute Gasteiger partial charge is 0.279 e. The lowest BCUT2D eigenvalue weighted by atomic mass is 9.92. The van der Waals surface area contributed by atoms with Crippen LogP contribution in [-0.4, -0.2) is 18.2 Å². The van der Waals surface area contributed by atoms with Gasteiger partial charge in [-0.3, -0.25) is 9.40 Å². The van der Waals surface area contributed by atoms with Crippen LogP contribution in [0, 0.1) is 0 Å². The van der Waals surface area contributed by atoms with Crippen LogP contribution >= 0.6 is 0 Å². The second kappa shape index (κ2) is 8.64. The monoisotopic (exact) mass is 505 g/mol. The highest BCUT2D eigenvalue weighted by Gasteiger charge is 2.38. The molecule has 0 fully saturated rings. The second-order valence-corrected chi connectivity index (χ2v) is 10.3. The van der Waals surface area contributed by atoms with Gasteiger partial charge in [0.2, 0.25) is 0 Å². The van der Waals surface area contributed by atoms with Crippen LogP contribution in [0.15, 0.2) is 59.6 Å². The number of benzene rings is 2. The summed E-state index contributed by atoms with van der Waals surface area (Å²) in [4.78, 5) is -0.345. The Morgan fingerprint density at radius 2 is 1.41 bits per heavy atom. The fourth-order valence-electron chi connectivity index (χ4n) is 3.19. The molecule has 184 valence electrons. The Kier molecular flexibility index (Phi) is 6.51. The highest BCUT2D eigenvalue weighted by atomic mass is 32.2. The molecule has 0 unspecified atom stereocenters. The molecule has 3 rings (SSSR count). The molecule has 0 saturated heterocycles. The molecule has 1 heterocycles. The van der Waals surface area contributed by atoms with E-state index in [0.29, 0.717) is 12.1 Å². The molecule has 5 nitrogen and oxygen atoms in total. The molecule has 0 aliphatic rings. The molecular weight excluding hydrogens is 484 g/mol. The van der Waals surface area contributed by atoms with Gasteiger partial charge in [-0.1, -0.05) is 51.1 Å². The molecule has 0 saturated carbocycles. The van der Waals surface area contributed by atoms with E-state index in [9.17, 15) is 34.8 Å². The lowest BCUT2D eigenvalue weighted by Gasteiger charge is -2.19. The third-order valence-electron chi connectivity index (χ3n) is 4.76. The lowest BCUT2D eigenvalue weighted by molar-refractivity contribution is -0.143. The minimum Gasteiger partial charge on any atom is -0.279 e. The Balaban J connectivity index is 2.07. The van der Waals surface area contributed by atoms with Crippen LogP contribution in [0.25, 0.3) is 0 Å². The predicted molar refractivity (Wildman–Crippen MR) is 114 cm³/mol. The summed E-state index contributed by atoms with van der Waals surface area (Å²) in [6.07, 6.45) is -9.02. The van der Waals surface area contributed by atoms with Crippen LogP contribution in [-0.2, 0) is 34.3 Å². The van der Waals surface area contributed by atoms with Crippen molar-refractivity contribution < 1.29 is 34.8 Å². The van der Waals surface area contributed by atoms with Crippen molar-refractivity contribution in [1.29, 1.82) is 0 Å². The van der Waals surface area contributed by atoms with Crippen LogP contribution in [0.5, 0.6) is 0 Å². The van der Waals surface area contributed by atoms with Crippen molar-refractivity contribution in [2.45, 2.75) is 50.0 Å². The number of nitrogens with zero attached hydrogens (tertiary/aromatic N) is 2. The summed E-state index contributed by atoms with van der Waals surface area (Å²) in [6, 6.07) is 9.53. The molecule has 0 bridgehead atoms. The highest BCUT2D eigenvalue weighted by Crippen LogP contribution is 2.38. The summed E-state index contributed by atoms with van der Waals surface area (Å²) in [5.74, 6) is 0. The van der Waals surface area contributed by atoms with Gasteiger partial charge >= 0.3 is 12.4 Å². The molecule has 34 heavy (non-hydrogen) atoms. The van der Waals surface area contributed by atoms with Crippen molar-refractivity contribution in [3.05, 3.63) is 77.1 Å². The first-order chi connectivity index (χ1) is 15.5. The third kappa shape index (κ3) is 5.91. The van der Waals surface area contributed by atoms with Crippen LogP contribution in [0.3, 0.4) is 0 Å². The summed E-state index contributed by atoms with van der Waals surface area (Å²) in [7, 11) is -4.59. The summed E-state index contributed by atoms with van der Waals surface area (Å²) < 4.78 is 108. The molecule has 0 spiro atoms. The Bertz CT molecular complexity index is 1240. The maximum atomic E-state index is 13.2. The predicted octanol–water partition coefficient (Wildman–Crippen LogP) is 6.07. The van der Waals surface area contributed by atoms with E-state index in [2.05, 4.69) is 5.10 Å². The number of halogens is 6. The van der Waals surface area contributed by atoms with E-state index in [0.717, 1.165) is 5.56 Å². The molecule has 1 aromatic heterocycles. The Hall–Kier alpha value is -3.02. The van der Waals surface area contributed by atoms with Crippen LogP contribution < -0.4 is 4.72 Å². The summed E-state index contributed by atoms with van der Waals surface area (Å²) in [5.41, 5.74) is -3.99. The van der Waals surface area contributed by atoms with Gasteiger partial charge in [0.1, 0.15) is 4.90 Å². The minimum atomic E-state index is -5.11. The lowest BCUT2D eigenvalue weighted by Crippen LogP contribution is -2.21. The number of aromatic nitrogens is 2. The van der Waals surface area contributed by atoms with Crippen molar-refractivity contribution in [3.63, 3.8) is 0 Å². The number of sulfonamides is 1. The molecule has 0 radical (unpaired) electrons. The van der Waals surface area contributed by atoms with Gasteiger partial charge in [0.25, 0.3) is 10.0 Å². The first kappa shape index (κ1) is 25.6. The van der Waals surface area contributed by atoms with Crippen molar-refractivity contribution in [3.8, 4) is 0 Å². The van der Waals surface area contributed by atoms with Crippen LogP contribution in [0.4, 0.5) is 32.0 Å². The average Bonchev–Trinajstić information content (AvgIpc) is 3.12. The molecule has 2 aromatic carbocycles. The second-order valence-electron chi connectivity index (χ2n) is 8.68. The zero-order valence-electron chi connectivity index (χ0n) is 18.3. The average molecular weight is 505 g/mol. The van der Waals surface area contributed by atoms with Gasteiger partial charge in [-0.25, -0.2) is 8.42 Å². The van der Waals surface area contributed by atoms with Crippen molar-refractivity contribution in [2.75, 3.05) is 4.72 Å². The van der Waals surface area contributed by atoms with E-state index in [1.54, 1.807) is 51.1 Å². The standard InChI is InChI=1S/C22H21F6N3O2S/c1-20(2,3)19-18(13-31(29-19)12-14-7-5-4-6-8-14)34(32,33)30-17-10-15(21(23,24)25)9-16(11-17)22(26,27)28/h4-11,13,30H,12H2,1-3H3. The molecule has 12 heteroatoms. The van der Waals surface area contributed by atoms with E-state index >= 15 is 0 Å². The van der Waals surface area contributed by atoms with Gasteiger partial charge in [0.05, 0.1) is 29.1 Å². The molecule has 1 N–H and O–H groups in total. The topological polar surface area (TPSA) is 64.0 Å². The van der Waals surface area contributed by atoms with Crippen molar-refractivity contribution in [2.24, 2.45) is 0 Å².